The van der Waals surface area contributed by atoms with Gasteiger partial charge in [0.1, 0.15) is 0 Å². The van der Waals surface area contributed by atoms with E-state index in [0.29, 0.717) is 0 Å². The summed E-state index contributed by atoms with van der Waals surface area (Å²) in [5.74, 6) is 0. The second-order valence-corrected chi connectivity index (χ2v) is 7.22. The Balaban J connectivity index is 1.48. The van der Waals surface area contributed by atoms with Gasteiger partial charge in [0, 0.05) is 18.4 Å². The lowest BCUT2D eigenvalue weighted by Crippen LogP contribution is -2.09. The quantitative estimate of drug-likeness (QED) is 0.371. The van der Waals surface area contributed by atoms with Crippen LogP contribution in [0.25, 0.3) is 0 Å². The smallest absolute Gasteiger partial charge is 0.0410 e. The zero-order valence-corrected chi connectivity index (χ0v) is 16.3. The first-order chi connectivity index (χ1) is 13.8. The lowest BCUT2D eigenvalue weighted by molar-refractivity contribution is 1.15. The van der Waals surface area contributed by atoms with Crippen molar-refractivity contribution in [2.75, 3.05) is 11.9 Å². The van der Waals surface area contributed by atoms with Crippen LogP contribution in [0.1, 0.15) is 22.3 Å². The molecule has 0 aromatic heterocycles. The molecule has 0 aliphatic heterocycles. The maximum atomic E-state index is 2.28. The fraction of sp³-hybridized carbons (Fsp3) is 0.111. The molecule has 4 aromatic carbocycles. The SMILES string of the molecule is CN(c1ccc(Cc2ccccc2)cc1)c1cccc(Cc2ccccc2)c1. The molecular formula is C27H25N. The van der Waals surface area contributed by atoms with Crippen molar-refractivity contribution >= 4 is 11.4 Å². The Hall–Kier alpha value is -3.32. The molecule has 0 amide bonds. The molecule has 0 aliphatic carbocycles. The molecule has 0 saturated heterocycles. The van der Waals surface area contributed by atoms with Gasteiger partial charge < -0.3 is 4.90 Å². The monoisotopic (exact) mass is 363 g/mol. The van der Waals surface area contributed by atoms with Crippen LogP contribution < -0.4 is 4.90 Å². The molecule has 0 radical (unpaired) electrons. The molecule has 0 atom stereocenters. The second-order valence-electron chi connectivity index (χ2n) is 7.22. The van der Waals surface area contributed by atoms with E-state index in [-0.39, 0.29) is 0 Å². The minimum absolute atomic E-state index is 0.957. The van der Waals surface area contributed by atoms with Crippen LogP contribution in [0.5, 0.6) is 0 Å². The molecule has 0 spiro atoms. The Morgan fingerprint density at radius 2 is 0.964 bits per heavy atom. The number of rotatable bonds is 6. The Kier molecular flexibility index (Phi) is 5.53. The van der Waals surface area contributed by atoms with Crippen molar-refractivity contribution in [2.45, 2.75) is 12.8 Å². The molecule has 0 heterocycles. The molecule has 1 nitrogen and oxygen atoms in total. The Morgan fingerprint density at radius 1 is 0.464 bits per heavy atom. The maximum Gasteiger partial charge on any atom is 0.0410 e. The van der Waals surface area contributed by atoms with Gasteiger partial charge in [-0.05, 0) is 59.4 Å². The summed E-state index contributed by atoms with van der Waals surface area (Å²) in [6.45, 7) is 0. The summed E-state index contributed by atoms with van der Waals surface area (Å²) in [6, 6.07) is 38.9. The van der Waals surface area contributed by atoms with Gasteiger partial charge in [-0.25, -0.2) is 0 Å². The number of benzene rings is 4. The summed E-state index contributed by atoms with van der Waals surface area (Å²) in [4.78, 5) is 2.25. The van der Waals surface area contributed by atoms with Crippen molar-refractivity contribution in [1.82, 2.24) is 0 Å². The van der Waals surface area contributed by atoms with Crippen molar-refractivity contribution in [3.05, 3.63) is 131 Å². The minimum Gasteiger partial charge on any atom is -0.345 e. The van der Waals surface area contributed by atoms with Gasteiger partial charge in [0.25, 0.3) is 0 Å². The molecule has 0 fully saturated rings. The predicted molar refractivity (Wildman–Crippen MR) is 119 cm³/mol. The first kappa shape index (κ1) is 18.1. The molecule has 4 aromatic rings. The zero-order valence-electron chi connectivity index (χ0n) is 16.3. The van der Waals surface area contributed by atoms with Crippen molar-refractivity contribution in [2.24, 2.45) is 0 Å². The Bertz CT molecular complexity index is 1000. The van der Waals surface area contributed by atoms with Gasteiger partial charge in [-0.15, -0.1) is 0 Å². The average Bonchev–Trinajstić information content (AvgIpc) is 2.75. The minimum atomic E-state index is 0.957. The van der Waals surface area contributed by atoms with Crippen LogP contribution in [0.15, 0.2) is 109 Å². The third-order valence-corrected chi connectivity index (χ3v) is 5.12. The van der Waals surface area contributed by atoms with Crippen LogP contribution in [0.3, 0.4) is 0 Å². The lowest BCUT2D eigenvalue weighted by Gasteiger charge is -2.21. The third kappa shape index (κ3) is 4.50. The van der Waals surface area contributed by atoms with Gasteiger partial charge in [-0.1, -0.05) is 84.9 Å². The topological polar surface area (TPSA) is 3.24 Å². The summed E-state index contributed by atoms with van der Waals surface area (Å²) in [5.41, 5.74) is 7.76. The van der Waals surface area contributed by atoms with Gasteiger partial charge >= 0.3 is 0 Å². The van der Waals surface area contributed by atoms with E-state index in [1.165, 1.54) is 33.6 Å². The first-order valence-corrected chi connectivity index (χ1v) is 9.77. The van der Waals surface area contributed by atoms with E-state index in [1.54, 1.807) is 0 Å². The van der Waals surface area contributed by atoms with Crippen LogP contribution >= 0.6 is 0 Å². The number of anilines is 2. The highest BCUT2D eigenvalue weighted by molar-refractivity contribution is 5.63. The normalized spacial score (nSPS) is 10.6. The van der Waals surface area contributed by atoms with E-state index in [1.807, 2.05) is 0 Å². The highest BCUT2D eigenvalue weighted by Crippen LogP contribution is 2.26. The molecule has 138 valence electrons. The van der Waals surface area contributed by atoms with Gasteiger partial charge in [-0.3, -0.25) is 0 Å². The van der Waals surface area contributed by atoms with Gasteiger partial charge in [-0.2, -0.15) is 0 Å². The van der Waals surface area contributed by atoms with E-state index in [2.05, 4.69) is 121 Å². The van der Waals surface area contributed by atoms with E-state index in [9.17, 15) is 0 Å². The van der Waals surface area contributed by atoms with Gasteiger partial charge in [0.2, 0.25) is 0 Å². The number of nitrogens with zero attached hydrogens (tertiary/aromatic N) is 1. The molecular weight excluding hydrogens is 338 g/mol. The molecule has 0 N–H and O–H groups in total. The van der Waals surface area contributed by atoms with E-state index >= 15 is 0 Å². The molecule has 4 rings (SSSR count). The van der Waals surface area contributed by atoms with Gasteiger partial charge in [0.05, 0.1) is 0 Å². The van der Waals surface area contributed by atoms with E-state index < -0.39 is 0 Å². The molecule has 1 heteroatoms. The predicted octanol–water partition coefficient (Wildman–Crippen LogP) is 6.64. The first-order valence-electron chi connectivity index (χ1n) is 9.77. The van der Waals surface area contributed by atoms with Crippen molar-refractivity contribution in [3.63, 3.8) is 0 Å². The summed E-state index contributed by atoms with van der Waals surface area (Å²) >= 11 is 0. The standard InChI is InChI=1S/C27H25N/c1-28(26-17-15-24(16-18-26)19-22-9-4-2-5-10-22)27-14-8-13-25(21-27)20-23-11-6-3-7-12-23/h2-18,21H,19-20H2,1H3. The molecule has 0 unspecified atom stereocenters. The van der Waals surface area contributed by atoms with Gasteiger partial charge in [0.15, 0.2) is 0 Å². The third-order valence-electron chi connectivity index (χ3n) is 5.12. The van der Waals surface area contributed by atoms with Crippen molar-refractivity contribution in [1.29, 1.82) is 0 Å². The van der Waals surface area contributed by atoms with Crippen LogP contribution in [0, 0.1) is 0 Å². The fourth-order valence-corrected chi connectivity index (χ4v) is 3.52. The largest absolute Gasteiger partial charge is 0.345 e. The van der Waals surface area contributed by atoms with Crippen LogP contribution in [-0.4, -0.2) is 7.05 Å². The fourth-order valence-electron chi connectivity index (χ4n) is 3.52. The number of hydrogen-bond donors (Lipinski definition) is 0. The Labute approximate surface area is 167 Å². The molecule has 0 bridgehead atoms. The summed E-state index contributed by atoms with van der Waals surface area (Å²) < 4.78 is 0. The van der Waals surface area contributed by atoms with Crippen LogP contribution in [0.2, 0.25) is 0 Å². The molecule has 0 saturated carbocycles. The van der Waals surface area contributed by atoms with Crippen molar-refractivity contribution in [3.8, 4) is 0 Å². The van der Waals surface area contributed by atoms with Crippen LogP contribution in [0.4, 0.5) is 11.4 Å². The molecule has 0 aliphatic rings. The van der Waals surface area contributed by atoms with E-state index in [0.717, 1.165) is 12.8 Å². The van der Waals surface area contributed by atoms with E-state index in [4.69, 9.17) is 0 Å². The summed E-state index contributed by atoms with van der Waals surface area (Å²) in [6.07, 6.45) is 1.93. The zero-order chi connectivity index (χ0) is 19.2. The highest BCUT2D eigenvalue weighted by atomic mass is 15.1. The highest BCUT2D eigenvalue weighted by Gasteiger charge is 2.06. The Morgan fingerprint density at radius 3 is 1.57 bits per heavy atom. The summed E-state index contributed by atoms with van der Waals surface area (Å²) in [7, 11) is 2.13. The average molecular weight is 364 g/mol. The van der Waals surface area contributed by atoms with Crippen molar-refractivity contribution < 1.29 is 0 Å². The molecule has 28 heavy (non-hydrogen) atoms. The lowest BCUT2D eigenvalue weighted by atomic mass is 10.0. The van der Waals surface area contributed by atoms with Crippen LogP contribution in [-0.2, 0) is 12.8 Å². The second kappa shape index (κ2) is 8.58. The number of hydrogen-bond acceptors (Lipinski definition) is 1. The summed E-state index contributed by atoms with van der Waals surface area (Å²) in [5, 5.41) is 0. The maximum absolute atomic E-state index is 2.28.